The zero-order valence-corrected chi connectivity index (χ0v) is 15.2. The smallest absolute Gasteiger partial charge is 0.287 e. The van der Waals surface area contributed by atoms with Gasteiger partial charge in [0.05, 0.1) is 17.6 Å². The van der Waals surface area contributed by atoms with Crippen LogP contribution in [-0.4, -0.2) is 28.7 Å². The number of nitrogens with zero attached hydrogens (tertiary/aromatic N) is 5. The molecule has 1 aromatic carbocycles. The van der Waals surface area contributed by atoms with Gasteiger partial charge in [-0.25, -0.2) is 16.3 Å². The molecular formula is C20H14F3N5O. The SMILES string of the molecule is [C-]#[N+][C@@H]1CN(c2cc(C(F)(F)F)ncc2C)C(=O)N1c1cncc2ccccc12. The van der Waals surface area contributed by atoms with Crippen LogP contribution in [0.5, 0.6) is 0 Å². The van der Waals surface area contributed by atoms with Crippen molar-refractivity contribution < 1.29 is 18.0 Å². The van der Waals surface area contributed by atoms with Gasteiger partial charge in [0.15, 0.2) is 0 Å². The van der Waals surface area contributed by atoms with Gasteiger partial charge in [0, 0.05) is 23.2 Å². The summed E-state index contributed by atoms with van der Waals surface area (Å²) < 4.78 is 39.3. The largest absolute Gasteiger partial charge is 0.433 e. The topological polar surface area (TPSA) is 53.7 Å². The third-order valence-electron chi connectivity index (χ3n) is 4.79. The summed E-state index contributed by atoms with van der Waals surface area (Å²) >= 11 is 0. The minimum absolute atomic E-state index is 0.0618. The molecule has 29 heavy (non-hydrogen) atoms. The number of hydrogen-bond donors (Lipinski definition) is 0. The average molecular weight is 397 g/mol. The summed E-state index contributed by atoms with van der Waals surface area (Å²) in [4.78, 5) is 26.8. The van der Waals surface area contributed by atoms with Crippen LogP contribution in [0.25, 0.3) is 15.6 Å². The van der Waals surface area contributed by atoms with Gasteiger partial charge in [0.1, 0.15) is 12.2 Å². The van der Waals surface area contributed by atoms with E-state index in [1.165, 1.54) is 16.0 Å². The Labute approximate surface area is 164 Å². The van der Waals surface area contributed by atoms with E-state index in [0.717, 1.165) is 23.0 Å². The summed E-state index contributed by atoms with van der Waals surface area (Å²) in [6.45, 7) is 9.03. The first kappa shape index (κ1) is 18.7. The average Bonchev–Trinajstić information content (AvgIpc) is 3.03. The normalized spacial score (nSPS) is 17.1. The maximum absolute atomic E-state index is 13.2. The van der Waals surface area contributed by atoms with Gasteiger partial charge in [-0.15, -0.1) is 0 Å². The van der Waals surface area contributed by atoms with Gasteiger partial charge in [-0.2, -0.15) is 13.2 Å². The minimum Gasteiger partial charge on any atom is -0.287 e. The number of halogens is 3. The van der Waals surface area contributed by atoms with Crippen LogP contribution < -0.4 is 9.80 Å². The first-order chi connectivity index (χ1) is 13.8. The molecule has 0 bridgehead atoms. The number of aryl methyl sites for hydroxylation is 1. The number of aromatic nitrogens is 2. The number of fused-ring (bicyclic) bond motifs is 1. The molecule has 1 atom stereocenters. The Morgan fingerprint density at radius 2 is 1.93 bits per heavy atom. The van der Waals surface area contributed by atoms with Crippen molar-refractivity contribution in [2.24, 2.45) is 0 Å². The second kappa shape index (κ2) is 6.74. The fourth-order valence-corrected chi connectivity index (χ4v) is 3.40. The van der Waals surface area contributed by atoms with Gasteiger partial charge in [0.25, 0.3) is 0 Å². The van der Waals surface area contributed by atoms with Crippen LogP contribution in [0.2, 0.25) is 0 Å². The van der Waals surface area contributed by atoms with Gasteiger partial charge in [-0.05, 0) is 18.6 Å². The monoisotopic (exact) mass is 397 g/mol. The Bertz CT molecular complexity index is 1150. The van der Waals surface area contributed by atoms with E-state index in [0.29, 0.717) is 11.3 Å². The van der Waals surface area contributed by atoms with Crippen molar-refractivity contribution >= 4 is 28.2 Å². The van der Waals surface area contributed by atoms with E-state index in [1.54, 1.807) is 19.2 Å². The fraction of sp³-hybridized carbons (Fsp3) is 0.200. The lowest BCUT2D eigenvalue weighted by Crippen LogP contribution is -2.34. The van der Waals surface area contributed by atoms with Gasteiger partial charge in [0.2, 0.25) is 0 Å². The summed E-state index contributed by atoms with van der Waals surface area (Å²) in [7, 11) is 0. The first-order valence-corrected chi connectivity index (χ1v) is 8.65. The molecule has 0 saturated carbocycles. The van der Waals surface area contributed by atoms with Crippen molar-refractivity contribution in [3.05, 3.63) is 71.6 Å². The molecule has 1 fully saturated rings. The number of pyridine rings is 2. The van der Waals surface area contributed by atoms with E-state index in [-0.39, 0.29) is 12.2 Å². The highest BCUT2D eigenvalue weighted by Crippen LogP contribution is 2.36. The quantitative estimate of drug-likeness (QED) is 0.592. The summed E-state index contributed by atoms with van der Waals surface area (Å²) in [5.74, 6) is 0. The molecule has 4 rings (SSSR count). The second-order valence-electron chi connectivity index (χ2n) is 6.61. The van der Waals surface area contributed by atoms with Crippen LogP contribution in [0.15, 0.2) is 48.9 Å². The van der Waals surface area contributed by atoms with Gasteiger partial charge in [-0.3, -0.25) is 19.7 Å². The number of urea groups is 1. The van der Waals surface area contributed by atoms with Crippen LogP contribution in [0, 0.1) is 13.5 Å². The van der Waals surface area contributed by atoms with Crippen molar-refractivity contribution in [1.82, 2.24) is 9.97 Å². The van der Waals surface area contributed by atoms with Crippen LogP contribution in [0.4, 0.5) is 29.3 Å². The predicted molar refractivity (Wildman–Crippen MR) is 101 cm³/mol. The lowest BCUT2D eigenvalue weighted by atomic mass is 10.1. The van der Waals surface area contributed by atoms with Crippen LogP contribution >= 0.6 is 0 Å². The summed E-state index contributed by atoms with van der Waals surface area (Å²) in [6, 6.07) is 7.55. The molecule has 3 aromatic rings. The molecule has 0 aliphatic carbocycles. The highest BCUT2D eigenvalue weighted by Gasteiger charge is 2.45. The van der Waals surface area contributed by atoms with Crippen molar-refractivity contribution in [3.8, 4) is 0 Å². The van der Waals surface area contributed by atoms with Crippen LogP contribution in [0.1, 0.15) is 11.3 Å². The molecule has 2 amide bonds. The second-order valence-corrected chi connectivity index (χ2v) is 6.61. The maximum Gasteiger partial charge on any atom is 0.433 e. The van der Waals surface area contributed by atoms with E-state index >= 15 is 0 Å². The highest BCUT2D eigenvalue weighted by atomic mass is 19.4. The van der Waals surface area contributed by atoms with E-state index in [1.807, 2.05) is 18.2 Å². The van der Waals surface area contributed by atoms with E-state index in [4.69, 9.17) is 6.57 Å². The van der Waals surface area contributed by atoms with Gasteiger partial charge in [-0.1, -0.05) is 24.3 Å². The molecule has 146 valence electrons. The zero-order valence-electron chi connectivity index (χ0n) is 15.2. The number of benzene rings is 1. The molecule has 0 N–H and O–H groups in total. The van der Waals surface area contributed by atoms with Gasteiger partial charge >= 0.3 is 18.4 Å². The molecule has 0 unspecified atom stereocenters. The third-order valence-corrected chi connectivity index (χ3v) is 4.79. The van der Waals surface area contributed by atoms with E-state index < -0.39 is 24.1 Å². The van der Waals surface area contributed by atoms with Crippen molar-refractivity contribution in [2.45, 2.75) is 19.3 Å². The molecule has 0 radical (unpaired) electrons. The Hall–Kier alpha value is -3.67. The number of rotatable bonds is 2. The molecule has 2 aromatic heterocycles. The molecule has 1 saturated heterocycles. The minimum atomic E-state index is -4.64. The standard InChI is InChI=1S/C20H14F3N5O/c1-12-8-26-17(20(21,22)23)7-15(12)27-11-18(24-2)28(19(27)29)16-10-25-9-13-5-3-4-6-14(13)16/h3-10,18H,11H2,1H3/t18-/m0/s1. The fourth-order valence-electron chi connectivity index (χ4n) is 3.40. The molecule has 1 aliphatic heterocycles. The molecule has 3 heterocycles. The number of alkyl halides is 3. The molecule has 0 spiro atoms. The Morgan fingerprint density at radius 3 is 2.66 bits per heavy atom. The lowest BCUT2D eigenvalue weighted by molar-refractivity contribution is -0.141. The Kier molecular flexibility index (Phi) is 4.34. The third kappa shape index (κ3) is 3.12. The van der Waals surface area contributed by atoms with Crippen LogP contribution in [0.3, 0.4) is 0 Å². The molecule has 6 nitrogen and oxygen atoms in total. The summed E-state index contributed by atoms with van der Waals surface area (Å²) in [5.41, 5.74) is -0.149. The zero-order chi connectivity index (χ0) is 20.8. The van der Waals surface area contributed by atoms with E-state index in [2.05, 4.69) is 14.8 Å². The van der Waals surface area contributed by atoms with Gasteiger partial charge < -0.3 is 0 Å². The maximum atomic E-state index is 13.2. The van der Waals surface area contributed by atoms with Crippen molar-refractivity contribution in [2.75, 3.05) is 16.3 Å². The number of amides is 2. The Balaban J connectivity index is 1.81. The Morgan fingerprint density at radius 1 is 1.17 bits per heavy atom. The molecular weight excluding hydrogens is 383 g/mol. The molecule has 1 aliphatic rings. The van der Waals surface area contributed by atoms with Crippen molar-refractivity contribution in [1.29, 1.82) is 0 Å². The highest BCUT2D eigenvalue weighted by molar-refractivity contribution is 6.11. The number of anilines is 2. The molecule has 9 heteroatoms. The van der Waals surface area contributed by atoms with E-state index in [9.17, 15) is 18.0 Å². The summed E-state index contributed by atoms with van der Waals surface area (Å²) in [6.07, 6.45) is -1.31. The van der Waals surface area contributed by atoms with Crippen LogP contribution in [-0.2, 0) is 6.18 Å². The number of hydrogen-bond acceptors (Lipinski definition) is 3. The lowest BCUT2D eigenvalue weighted by Gasteiger charge is -2.20. The summed E-state index contributed by atoms with van der Waals surface area (Å²) in [5, 5.41) is 1.52. The van der Waals surface area contributed by atoms with Crippen molar-refractivity contribution in [3.63, 3.8) is 0 Å². The first-order valence-electron chi connectivity index (χ1n) is 8.65. The number of carbonyl (C=O) groups is 1. The number of carbonyl (C=O) groups excluding carboxylic acids is 1. The predicted octanol–water partition coefficient (Wildman–Crippen LogP) is 4.65.